The molecule has 0 unspecified atom stereocenters. The van der Waals surface area contributed by atoms with E-state index in [1.165, 1.54) is 28.9 Å². The van der Waals surface area contributed by atoms with Crippen LogP contribution in [-0.4, -0.2) is 14.2 Å². The molecule has 0 aromatic heterocycles. The molecule has 1 saturated carbocycles. The van der Waals surface area contributed by atoms with Gasteiger partial charge in [-0.15, -0.1) is 0 Å². The van der Waals surface area contributed by atoms with E-state index < -0.39 is 9.84 Å². The molecule has 0 aliphatic heterocycles. The van der Waals surface area contributed by atoms with Crippen LogP contribution in [0.25, 0.3) is 0 Å². The molecule has 0 saturated heterocycles. The summed E-state index contributed by atoms with van der Waals surface area (Å²) in [6.45, 7) is 4.21. The van der Waals surface area contributed by atoms with Crippen LogP contribution in [0.2, 0.25) is 0 Å². The van der Waals surface area contributed by atoms with E-state index in [1.54, 1.807) is 23.9 Å². The Kier molecular flexibility index (Phi) is 5.36. The molecule has 0 atom stereocenters. The lowest BCUT2D eigenvalue weighted by molar-refractivity contribution is 0.559. The molecule has 3 rings (SSSR count). The molecule has 128 valence electrons. The molecule has 2 nitrogen and oxygen atoms in total. The first-order valence-corrected chi connectivity index (χ1v) is 11.0. The molecule has 2 aromatic rings. The maximum atomic E-state index is 12.5. The fourth-order valence-electron chi connectivity index (χ4n) is 3.21. The number of aryl methyl sites for hydroxylation is 2. The molecule has 1 fully saturated rings. The number of sulfone groups is 1. The van der Waals surface area contributed by atoms with Crippen molar-refractivity contribution in [1.29, 1.82) is 0 Å². The lowest BCUT2D eigenvalue weighted by atomic mass is 10.1. The monoisotopic (exact) mass is 360 g/mol. The van der Waals surface area contributed by atoms with Crippen molar-refractivity contribution in [1.82, 2.24) is 0 Å². The molecule has 1 aliphatic rings. The normalized spacial score (nSPS) is 15.8. The van der Waals surface area contributed by atoms with Crippen molar-refractivity contribution in [3.05, 3.63) is 53.6 Å². The van der Waals surface area contributed by atoms with Gasteiger partial charge in [-0.25, -0.2) is 8.42 Å². The maximum Gasteiger partial charge on any atom is 0.178 e. The van der Waals surface area contributed by atoms with E-state index in [1.807, 2.05) is 12.1 Å². The van der Waals surface area contributed by atoms with Crippen molar-refractivity contribution in [3.8, 4) is 0 Å². The van der Waals surface area contributed by atoms with Gasteiger partial charge in [0, 0.05) is 9.79 Å². The molecule has 0 amide bonds. The summed E-state index contributed by atoms with van der Waals surface area (Å²) in [6, 6.07) is 13.8. The van der Waals surface area contributed by atoms with E-state index in [4.69, 9.17) is 0 Å². The van der Waals surface area contributed by atoms with Crippen LogP contribution >= 0.6 is 11.8 Å². The second-order valence-electron chi connectivity index (χ2n) is 6.75. The van der Waals surface area contributed by atoms with Gasteiger partial charge < -0.3 is 0 Å². The van der Waals surface area contributed by atoms with Gasteiger partial charge in [0.25, 0.3) is 0 Å². The molecule has 4 heteroatoms. The highest BCUT2D eigenvalue weighted by atomic mass is 32.2. The zero-order valence-electron chi connectivity index (χ0n) is 14.3. The van der Waals surface area contributed by atoms with Gasteiger partial charge in [-0.3, -0.25) is 0 Å². The molecule has 1 aliphatic carbocycles. The summed E-state index contributed by atoms with van der Waals surface area (Å²) in [7, 11) is -3.15. The Morgan fingerprint density at radius 3 is 2.17 bits per heavy atom. The average Bonchev–Trinajstić information content (AvgIpc) is 3.04. The second kappa shape index (κ2) is 7.32. The van der Waals surface area contributed by atoms with Gasteiger partial charge >= 0.3 is 0 Å². The summed E-state index contributed by atoms with van der Waals surface area (Å²) in [5.41, 5.74) is 2.56. The predicted molar refractivity (Wildman–Crippen MR) is 100 cm³/mol. The summed E-state index contributed by atoms with van der Waals surface area (Å²) in [5, 5.41) is 0. The van der Waals surface area contributed by atoms with Crippen molar-refractivity contribution in [2.75, 3.05) is 5.75 Å². The highest BCUT2D eigenvalue weighted by Gasteiger charge is 2.23. The number of hydrogen-bond donors (Lipinski definition) is 0. The maximum absolute atomic E-state index is 12.5. The molecule has 0 heterocycles. The SMILES string of the molecule is Cc1ccc(Sc2ccc(S(=O)(=O)CC3CCCC3)cc2)cc1C. The highest BCUT2D eigenvalue weighted by molar-refractivity contribution is 7.99. The first kappa shape index (κ1) is 17.6. The summed E-state index contributed by atoms with van der Waals surface area (Å²) in [4.78, 5) is 2.71. The number of rotatable bonds is 5. The van der Waals surface area contributed by atoms with Crippen LogP contribution in [0.3, 0.4) is 0 Å². The minimum Gasteiger partial charge on any atom is -0.224 e. The van der Waals surface area contributed by atoms with Crippen molar-refractivity contribution in [3.63, 3.8) is 0 Å². The van der Waals surface area contributed by atoms with E-state index in [0.29, 0.717) is 16.6 Å². The van der Waals surface area contributed by atoms with Gasteiger partial charge in [-0.1, -0.05) is 30.7 Å². The zero-order valence-corrected chi connectivity index (χ0v) is 15.9. The van der Waals surface area contributed by atoms with Gasteiger partial charge in [0.1, 0.15) is 0 Å². The van der Waals surface area contributed by atoms with Gasteiger partial charge in [0.05, 0.1) is 10.6 Å². The Morgan fingerprint density at radius 1 is 0.917 bits per heavy atom. The Bertz CT molecular complexity index is 802. The van der Waals surface area contributed by atoms with Crippen molar-refractivity contribution >= 4 is 21.6 Å². The molecule has 0 bridgehead atoms. The van der Waals surface area contributed by atoms with E-state index in [2.05, 4.69) is 32.0 Å². The third kappa shape index (κ3) is 4.22. The molecule has 2 aromatic carbocycles. The predicted octanol–water partition coefficient (Wildman–Crippen LogP) is 5.42. The Labute approximate surface area is 149 Å². The van der Waals surface area contributed by atoms with E-state index >= 15 is 0 Å². The first-order valence-electron chi connectivity index (χ1n) is 8.52. The lowest BCUT2D eigenvalue weighted by Gasteiger charge is -2.10. The van der Waals surface area contributed by atoms with E-state index in [9.17, 15) is 8.42 Å². The largest absolute Gasteiger partial charge is 0.224 e. The van der Waals surface area contributed by atoms with Gasteiger partial charge in [-0.05, 0) is 80.1 Å². The quantitative estimate of drug-likeness (QED) is 0.714. The van der Waals surface area contributed by atoms with Crippen LogP contribution in [0.5, 0.6) is 0 Å². The fraction of sp³-hybridized carbons (Fsp3) is 0.400. The molecule has 0 N–H and O–H groups in total. The molecule has 0 radical (unpaired) electrons. The topological polar surface area (TPSA) is 34.1 Å². The third-order valence-corrected chi connectivity index (χ3v) is 7.72. The third-order valence-electron chi connectivity index (χ3n) is 4.83. The summed E-state index contributed by atoms with van der Waals surface area (Å²) < 4.78 is 25.1. The van der Waals surface area contributed by atoms with Crippen LogP contribution in [0, 0.1) is 19.8 Å². The Balaban J connectivity index is 1.71. The first-order chi connectivity index (χ1) is 11.4. The number of benzene rings is 2. The fourth-order valence-corrected chi connectivity index (χ4v) is 5.83. The van der Waals surface area contributed by atoms with Crippen LogP contribution in [-0.2, 0) is 9.84 Å². The highest BCUT2D eigenvalue weighted by Crippen LogP contribution is 2.31. The zero-order chi connectivity index (χ0) is 17.2. The van der Waals surface area contributed by atoms with Crippen LogP contribution in [0.15, 0.2) is 57.2 Å². The van der Waals surface area contributed by atoms with E-state index in [-0.39, 0.29) is 0 Å². The summed E-state index contributed by atoms with van der Waals surface area (Å²) >= 11 is 1.67. The number of hydrogen-bond acceptors (Lipinski definition) is 3. The van der Waals surface area contributed by atoms with Gasteiger partial charge in [-0.2, -0.15) is 0 Å². The van der Waals surface area contributed by atoms with Crippen LogP contribution in [0.4, 0.5) is 0 Å². The Hall–Kier alpha value is -1.26. The van der Waals surface area contributed by atoms with Gasteiger partial charge in [0.2, 0.25) is 0 Å². The molecule has 0 spiro atoms. The minimum absolute atomic E-state index is 0.302. The van der Waals surface area contributed by atoms with E-state index in [0.717, 1.165) is 17.7 Å². The average molecular weight is 361 g/mol. The standard InChI is InChI=1S/C20H24O2S2/c1-15-7-8-19(13-16(15)2)23-18-9-11-20(12-10-18)24(21,22)14-17-5-3-4-6-17/h7-13,17H,3-6,14H2,1-2H3. The van der Waals surface area contributed by atoms with Gasteiger partial charge in [0.15, 0.2) is 9.84 Å². The van der Waals surface area contributed by atoms with Crippen LogP contribution in [0.1, 0.15) is 36.8 Å². The Morgan fingerprint density at radius 2 is 1.54 bits per heavy atom. The molecular weight excluding hydrogens is 336 g/mol. The van der Waals surface area contributed by atoms with Crippen molar-refractivity contribution in [2.45, 2.75) is 54.2 Å². The minimum atomic E-state index is -3.15. The second-order valence-corrected chi connectivity index (χ2v) is 9.93. The molecule has 24 heavy (non-hydrogen) atoms. The van der Waals surface area contributed by atoms with Crippen molar-refractivity contribution < 1.29 is 8.42 Å². The van der Waals surface area contributed by atoms with Crippen molar-refractivity contribution in [2.24, 2.45) is 5.92 Å². The lowest BCUT2D eigenvalue weighted by Crippen LogP contribution is -2.13. The summed E-state index contributed by atoms with van der Waals surface area (Å²) in [6.07, 6.45) is 4.46. The summed E-state index contributed by atoms with van der Waals surface area (Å²) in [5.74, 6) is 0.649. The van der Waals surface area contributed by atoms with Crippen LogP contribution < -0.4 is 0 Å². The molecular formula is C20H24O2S2. The smallest absolute Gasteiger partial charge is 0.178 e.